The van der Waals surface area contributed by atoms with Gasteiger partial charge in [-0.2, -0.15) is 0 Å². The first-order chi connectivity index (χ1) is 7.36. The van der Waals surface area contributed by atoms with Crippen molar-refractivity contribution in [2.75, 3.05) is 13.7 Å². The zero-order valence-electron chi connectivity index (χ0n) is 9.04. The van der Waals surface area contributed by atoms with Crippen LogP contribution in [0.25, 0.3) is 11.0 Å². The summed E-state index contributed by atoms with van der Waals surface area (Å²) in [4.78, 5) is 0. The first-order valence-corrected chi connectivity index (χ1v) is 5.10. The summed E-state index contributed by atoms with van der Waals surface area (Å²) in [6.45, 7) is 3.87. The van der Waals surface area contributed by atoms with E-state index in [4.69, 9.17) is 9.15 Å². The molecule has 1 aromatic heterocycles. The van der Waals surface area contributed by atoms with Crippen molar-refractivity contribution >= 4 is 11.0 Å². The first kappa shape index (κ1) is 10.1. The predicted molar refractivity (Wildman–Crippen MR) is 60.1 cm³/mol. The Kier molecular flexibility index (Phi) is 2.92. The minimum absolute atomic E-state index is 0.787. The molecule has 0 saturated heterocycles. The fourth-order valence-electron chi connectivity index (χ4n) is 1.64. The van der Waals surface area contributed by atoms with Crippen molar-refractivity contribution in [2.24, 2.45) is 0 Å². The third-order valence-electron chi connectivity index (χ3n) is 2.43. The molecule has 80 valence electrons. The molecule has 2 rings (SSSR count). The van der Waals surface area contributed by atoms with E-state index in [1.54, 1.807) is 13.4 Å². The minimum atomic E-state index is 0.787. The second-order valence-corrected chi connectivity index (χ2v) is 3.38. The first-order valence-electron chi connectivity index (χ1n) is 5.10. The molecule has 1 N–H and O–H groups in total. The Morgan fingerprint density at radius 3 is 3.00 bits per heavy atom. The molecule has 0 aliphatic carbocycles. The molecule has 0 aliphatic rings. The van der Waals surface area contributed by atoms with Gasteiger partial charge < -0.3 is 14.5 Å². The Labute approximate surface area is 89.0 Å². The number of nitrogens with one attached hydrogen (secondary N) is 1. The van der Waals surface area contributed by atoms with Gasteiger partial charge in [-0.3, -0.25) is 0 Å². The average molecular weight is 205 g/mol. The van der Waals surface area contributed by atoms with Crippen molar-refractivity contribution in [1.29, 1.82) is 0 Å². The third-order valence-corrected chi connectivity index (χ3v) is 2.43. The monoisotopic (exact) mass is 205 g/mol. The number of benzene rings is 1. The molecule has 0 radical (unpaired) electrons. The Hall–Kier alpha value is -1.48. The molecule has 0 fully saturated rings. The van der Waals surface area contributed by atoms with Gasteiger partial charge in [0, 0.05) is 17.5 Å². The highest BCUT2D eigenvalue weighted by Gasteiger charge is 2.08. The molecular formula is C12H15NO2. The molecule has 0 atom stereocenters. The lowest BCUT2D eigenvalue weighted by molar-refractivity contribution is 0.410. The van der Waals surface area contributed by atoms with E-state index in [1.807, 2.05) is 18.2 Å². The van der Waals surface area contributed by atoms with E-state index in [0.717, 1.165) is 29.8 Å². The average Bonchev–Trinajstić information content (AvgIpc) is 2.69. The summed E-state index contributed by atoms with van der Waals surface area (Å²) in [6.07, 6.45) is 1.79. The summed E-state index contributed by atoms with van der Waals surface area (Å²) >= 11 is 0. The Bertz CT molecular complexity index is 448. The number of hydrogen-bond donors (Lipinski definition) is 1. The maximum absolute atomic E-state index is 5.50. The van der Waals surface area contributed by atoms with Crippen LogP contribution in [-0.2, 0) is 6.54 Å². The van der Waals surface area contributed by atoms with Crippen LogP contribution in [0.1, 0.15) is 12.5 Å². The highest BCUT2D eigenvalue weighted by Crippen LogP contribution is 2.29. The quantitative estimate of drug-likeness (QED) is 0.833. The molecule has 2 aromatic rings. The van der Waals surface area contributed by atoms with Crippen LogP contribution in [0, 0.1) is 0 Å². The molecule has 0 bridgehead atoms. The summed E-state index contributed by atoms with van der Waals surface area (Å²) < 4.78 is 10.7. The van der Waals surface area contributed by atoms with Gasteiger partial charge >= 0.3 is 0 Å². The van der Waals surface area contributed by atoms with Crippen LogP contribution < -0.4 is 10.1 Å². The number of hydrogen-bond acceptors (Lipinski definition) is 3. The van der Waals surface area contributed by atoms with E-state index >= 15 is 0 Å². The number of para-hydroxylation sites is 1. The molecule has 0 unspecified atom stereocenters. The second-order valence-electron chi connectivity index (χ2n) is 3.38. The van der Waals surface area contributed by atoms with E-state index in [-0.39, 0.29) is 0 Å². The minimum Gasteiger partial charge on any atom is -0.493 e. The molecule has 0 aliphatic heterocycles. The molecule has 15 heavy (non-hydrogen) atoms. The normalized spacial score (nSPS) is 10.8. The zero-order chi connectivity index (χ0) is 10.7. The molecule has 3 nitrogen and oxygen atoms in total. The van der Waals surface area contributed by atoms with Gasteiger partial charge in [-0.25, -0.2) is 0 Å². The fraction of sp³-hybridized carbons (Fsp3) is 0.333. The van der Waals surface area contributed by atoms with Gasteiger partial charge in [-0.1, -0.05) is 19.1 Å². The van der Waals surface area contributed by atoms with Crippen molar-refractivity contribution in [3.63, 3.8) is 0 Å². The molecular weight excluding hydrogens is 190 g/mol. The summed E-state index contributed by atoms with van der Waals surface area (Å²) in [6, 6.07) is 5.93. The zero-order valence-corrected chi connectivity index (χ0v) is 9.04. The van der Waals surface area contributed by atoms with E-state index < -0.39 is 0 Å². The SMILES string of the molecule is CCNCc1coc2c(OC)cccc12. The van der Waals surface area contributed by atoms with Gasteiger partial charge in [0.1, 0.15) is 0 Å². The molecule has 1 aromatic carbocycles. The van der Waals surface area contributed by atoms with Crippen molar-refractivity contribution < 1.29 is 9.15 Å². The van der Waals surface area contributed by atoms with Gasteiger partial charge in [0.2, 0.25) is 0 Å². The molecule has 0 spiro atoms. The van der Waals surface area contributed by atoms with Crippen molar-refractivity contribution in [1.82, 2.24) is 5.32 Å². The standard InChI is InChI=1S/C12H15NO2/c1-3-13-7-9-8-15-12-10(9)5-4-6-11(12)14-2/h4-6,8,13H,3,7H2,1-2H3. The second kappa shape index (κ2) is 4.36. The molecule has 1 heterocycles. The van der Waals surface area contributed by atoms with Crippen LogP contribution in [0.15, 0.2) is 28.9 Å². The van der Waals surface area contributed by atoms with E-state index in [9.17, 15) is 0 Å². The number of fused-ring (bicyclic) bond motifs is 1. The number of rotatable bonds is 4. The van der Waals surface area contributed by atoms with Crippen molar-refractivity contribution in [3.8, 4) is 5.75 Å². The van der Waals surface area contributed by atoms with Gasteiger partial charge in [0.25, 0.3) is 0 Å². The van der Waals surface area contributed by atoms with Gasteiger partial charge in [0.15, 0.2) is 11.3 Å². The largest absolute Gasteiger partial charge is 0.493 e. The Morgan fingerprint density at radius 2 is 2.27 bits per heavy atom. The van der Waals surface area contributed by atoms with Crippen molar-refractivity contribution in [2.45, 2.75) is 13.5 Å². The van der Waals surface area contributed by atoms with E-state index in [0.29, 0.717) is 0 Å². The topological polar surface area (TPSA) is 34.4 Å². The molecule has 0 saturated carbocycles. The van der Waals surface area contributed by atoms with Crippen LogP contribution in [0.4, 0.5) is 0 Å². The van der Waals surface area contributed by atoms with Crippen molar-refractivity contribution in [3.05, 3.63) is 30.0 Å². The third kappa shape index (κ3) is 1.83. The Morgan fingerprint density at radius 1 is 1.40 bits per heavy atom. The lowest BCUT2D eigenvalue weighted by Crippen LogP contribution is -2.11. The summed E-state index contributed by atoms with van der Waals surface area (Å²) in [5, 5.41) is 4.40. The lowest BCUT2D eigenvalue weighted by Gasteiger charge is -2.01. The van der Waals surface area contributed by atoms with Crippen LogP contribution in [0.5, 0.6) is 5.75 Å². The summed E-state index contributed by atoms with van der Waals surface area (Å²) in [5.41, 5.74) is 2.00. The van der Waals surface area contributed by atoms with Gasteiger partial charge in [-0.15, -0.1) is 0 Å². The smallest absolute Gasteiger partial charge is 0.176 e. The van der Waals surface area contributed by atoms with Crippen LogP contribution in [0.2, 0.25) is 0 Å². The molecule has 3 heteroatoms. The maximum Gasteiger partial charge on any atom is 0.176 e. The summed E-state index contributed by atoms with van der Waals surface area (Å²) in [5.74, 6) is 0.787. The molecule has 0 amide bonds. The Balaban J connectivity index is 2.42. The van der Waals surface area contributed by atoms with Crippen LogP contribution in [0.3, 0.4) is 0 Å². The number of furan rings is 1. The predicted octanol–water partition coefficient (Wildman–Crippen LogP) is 2.55. The van der Waals surface area contributed by atoms with E-state index in [1.165, 1.54) is 5.56 Å². The van der Waals surface area contributed by atoms with Crippen LogP contribution >= 0.6 is 0 Å². The summed E-state index contributed by atoms with van der Waals surface area (Å²) in [7, 11) is 1.65. The maximum atomic E-state index is 5.50. The van der Waals surface area contributed by atoms with E-state index in [2.05, 4.69) is 12.2 Å². The number of methoxy groups -OCH3 is 1. The highest BCUT2D eigenvalue weighted by molar-refractivity contribution is 5.86. The van der Waals surface area contributed by atoms with Gasteiger partial charge in [0.05, 0.1) is 13.4 Å². The number of ether oxygens (including phenoxy) is 1. The van der Waals surface area contributed by atoms with Gasteiger partial charge in [-0.05, 0) is 12.6 Å². The highest BCUT2D eigenvalue weighted by atomic mass is 16.5. The van der Waals surface area contributed by atoms with Crippen LogP contribution in [-0.4, -0.2) is 13.7 Å². The lowest BCUT2D eigenvalue weighted by atomic mass is 10.1. The fourth-order valence-corrected chi connectivity index (χ4v) is 1.64.